The molecule has 0 fully saturated rings. The molecule has 2 rings (SSSR count). The molecule has 2 N–H and O–H groups in total. The number of pyridine rings is 1. The van der Waals surface area contributed by atoms with Crippen molar-refractivity contribution in [3.8, 4) is 5.82 Å². The van der Waals surface area contributed by atoms with Crippen LogP contribution in [-0.4, -0.2) is 33.1 Å². The van der Waals surface area contributed by atoms with Crippen molar-refractivity contribution in [2.75, 3.05) is 0 Å². The Labute approximate surface area is 137 Å². The second-order valence-corrected chi connectivity index (χ2v) is 4.66. The van der Waals surface area contributed by atoms with Gasteiger partial charge in [-0.25, -0.2) is 9.67 Å². The zero-order valence-corrected chi connectivity index (χ0v) is 12.5. The summed E-state index contributed by atoms with van der Waals surface area (Å²) in [7, 11) is 0. The van der Waals surface area contributed by atoms with Gasteiger partial charge in [0.15, 0.2) is 12.1 Å². The number of carbonyl (C=O) groups is 1. The van der Waals surface area contributed by atoms with E-state index >= 15 is 0 Å². The van der Waals surface area contributed by atoms with Gasteiger partial charge in [-0.1, -0.05) is 16.8 Å². The number of nitrogens with two attached hydrogens (primary N) is 1. The highest BCUT2D eigenvalue weighted by atomic mass is 35.5. The van der Waals surface area contributed by atoms with E-state index in [9.17, 15) is 18.0 Å². The fourth-order valence-electron chi connectivity index (χ4n) is 1.70. The molecule has 0 unspecified atom stereocenters. The molecule has 12 heteroatoms. The van der Waals surface area contributed by atoms with Gasteiger partial charge in [-0.2, -0.15) is 18.3 Å². The molecule has 0 aliphatic rings. The Balaban J connectivity index is 2.37. The van der Waals surface area contributed by atoms with Crippen molar-refractivity contribution in [3.63, 3.8) is 0 Å². The average molecular weight is 360 g/mol. The third-order valence-electron chi connectivity index (χ3n) is 2.64. The summed E-state index contributed by atoms with van der Waals surface area (Å²) in [6.45, 7) is -0.494. The Morgan fingerprint density at radius 1 is 1.46 bits per heavy atom. The molecule has 2 aromatic heterocycles. The van der Waals surface area contributed by atoms with E-state index in [2.05, 4.69) is 31.3 Å². The van der Waals surface area contributed by atoms with E-state index in [0.717, 1.165) is 4.68 Å². The lowest BCUT2D eigenvalue weighted by molar-refractivity contribution is -0.0603. The number of hydrogen-bond acceptors (Lipinski definition) is 5. The minimum Gasteiger partial charge on any atom is -0.305 e. The fraction of sp³-hybridized carbons (Fsp3) is 0.167. The largest absolute Gasteiger partial charge is 0.453 e. The lowest BCUT2D eigenvalue weighted by Gasteiger charge is -2.04. The van der Waals surface area contributed by atoms with E-state index in [0.29, 0.717) is 6.29 Å². The van der Waals surface area contributed by atoms with Crippen molar-refractivity contribution < 1.29 is 18.0 Å². The van der Waals surface area contributed by atoms with Gasteiger partial charge >= 0.3 is 6.18 Å². The number of halogens is 4. The summed E-state index contributed by atoms with van der Waals surface area (Å²) in [6, 6.07) is 4.37. The van der Waals surface area contributed by atoms with E-state index in [-0.39, 0.29) is 22.2 Å². The van der Waals surface area contributed by atoms with Gasteiger partial charge in [0, 0.05) is 6.20 Å². The summed E-state index contributed by atoms with van der Waals surface area (Å²) in [6.07, 6.45) is -2.92. The highest BCUT2D eigenvalue weighted by molar-refractivity contribution is 6.32. The smallest absolute Gasteiger partial charge is 0.305 e. The van der Waals surface area contributed by atoms with Crippen LogP contribution in [-0.2, 0) is 6.54 Å². The van der Waals surface area contributed by atoms with Crippen molar-refractivity contribution in [1.82, 2.24) is 14.8 Å². The number of rotatable bonds is 4. The molecule has 0 saturated carbocycles. The van der Waals surface area contributed by atoms with Crippen LogP contribution in [0.25, 0.3) is 5.82 Å². The summed E-state index contributed by atoms with van der Waals surface area (Å²) in [5.74, 6) is 3.28. The summed E-state index contributed by atoms with van der Waals surface area (Å²) in [5, 5.41) is 9.50. The van der Waals surface area contributed by atoms with E-state index in [4.69, 9.17) is 11.6 Å². The number of aldehydes is 1. The van der Waals surface area contributed by atoms with Crippen molar-refractivity contribution in [2.24, 2.45) is 21.2 Å². The molecule has 0 spiro atoms. The molecule has 0 saturated heterocycles. The summed E-state index contributed by atoms with van der Waals surface area (Å²) >= 11 is 5.97. The van der Waals surface area contributed by atoms with E-state index in [1.54, 1.807) is 6.07 Å². The highest BCUT2D eigenvalue weighted by Gasteiger charge is 2.36. The molecule has 0 aromatic carbocycles. The topological polar surface area (TPSA) is 111 Å². The van der Waals surface area contributed by atoms with Gasteiger partial charge in [-0.15, -0.1) is 5.11 Å². The molecule has 2 heterocycles. The van der Waals surface area contributed by atoms with Gasteiger partial charge in [0.1, 0.15) is 5.69 Å². The molecule has 126 valence electrons. The maximum atomic E-state index is 12.6. The Bertz CT molecular complexity index is 800. The molecule has 24 heavy (non-hydrogen) atoms. The van der Waals surface area contributed by atoms with Gasteiger partial charge in [0.05, 0.1) is 17.3 Å². The van der Waals surface area contributed by atoms with Crippen LogP contribution in [0.15, 0.2) is 39.7 Å². The number of hydrogen-bond donors (Lipinski definition) is 1. The number of alkyl halides is 3. The molecule has 0 aliphatic heterocycles. The predicted molar refractivity (Wildman–Crippen MR) is 78.0 cm³/mol. The lowest BCUT2D eigenvalue weighted by atomic mass is 10.3. The van der Waals surface area contributed by atoms with Gasteiger partial charge < -0.3 is 5.84 Å². The van der Waals surface area contributed by atoms with Gasteiger partial charge in [-0.05, 0) is 18.2 Å². The maximum absolute atomic E-state index is 12.6. The second-order valence-electron chi connectivity index (χ2n) is 4.25. The van der Waals surface area contributed by atoms with Crippen LogP contribution < -0.4 is 5.84 Å². The van der Waals surface area contributed by atoms with Crippen molar-refractivity contribution in [2.45, 2.75) is 12.7 Å². The van der Waals surface area contributed by atoms with Crippen LogP contribution in [0, 0.1) is 0 Å². The first-order chi connectivity index (χ1) is 11.4. The normalized spacial score (nSPS) is 12.8. The number of aliphatic imine (C=N–C) groups is 1. The molecule has 0 amide bonds. The fourth-order valence-corrected chi connectivity index (χ4v) is 1.90. The monoisotopic (exact) mass is 359 g/mol. The zero-order chi connectivity index (χ0) is 17.7. The number of carbonyl (C=O) groups excluding carboxylic acids is 1. The van der Waals surface area contributed by atoms with Crippen LogP contribution in [0.5, 0.6) is 0 Å². The van der Waals surface area contributed by atoms with Crippen LogP contribution >= 0.6 is 11.6 Å². The molecule has 0 aliphatic carbocycles. The molecule has 2 aromatic rings. The first kappa shape index (κ1) is 17.5. The van der Waals surface area contributed by atoms with E-state index < -0.39 is 18.6 Å². The van der Waals surface area contributed by atoms with E-state index in [1.807, 2.05) is 0 Å². The Morgan fingerprint density at radius 2 is 2.21 bits per heavy atom. The number of amidine groups is 1. The molecule has 8 nitrogen and oxygen atoms in total. The minimum atomic E-state index is -4.82. The van der Waals surface area contributed by atoms with Crippen molar-refractivity contribution in [3.05, 3.63) is 40.8 Å². The van der Waals surface area contributed by atoms with Crippen LogP contribution in [0.4, 0.5) is 13.2 Å². The molecular formula is C12H9ClF3N7O. The van der Waals surface area contributed by atoms with E-state index in [1.165, 1.54) is 18.3 Å². The van der Waals surface area contributed by atoms with Gasteiger partial charge in [0.25, 0.3) is 5.84 Å². The van der Waals surface area contributed by atoms with Crippen LogP contribution in [0.2, 0.25) is 5.02 Å². The first-order valence-electron chi connectivity index (χ1n) is 6.24. The standard InChI is InChI=1S/C12H9ClF3N7O/c13-9-2-1-3-18-10(9)23-8(6-24)4-7(21-23)5-19-11(20-22-17)12(14,15)16/h1-4,6H,5H2,(H2,17,19,20). The lowest BCUT2D eigenvalue weighted by Crippen LogP contribution is -2.21. The minimum absolute atomic E-state index is 0.0507. The van der Waals surface area contributed by atoms with Gasteiger partial charge in [-0.3, -0.25) is 9.79 Å². The molecular weight excluding hydrogens is 351 g/mol. The third kappa shape index (κ3) is 3.93. The third-order valence-corrected chi connectivity index (χ3v) is 2.94. The zero-order valence-electron chi connectivity index (χ0n) is 11.8. The number of aromatic nitrogens is 3. The molecule has 0 bridgehead atoms. The van der Waals surface area contributed by atoms with Crippen molar-refractivity contribution in [1.29, 1.82) is 0 Å². The molecule has 0 atom stereocenters. The predicted octanol–water partition coefficient (Wildman–Crippen LogP) is 2.52. The Hall–Kier alpha value is -2.82. The van der Waals surface area contributed by atoms with Crippen LogP contribution in [0.1, 0.15) is 16.2 Å². The average Bonchev–Trinajstić information content (AvgIpc) is 2.94. The summed E-state index contributed by atoms with van der Waals surface area (Å²) < 4.78 is 39.0. The number of nitrogens with zero attached hydrogens (tertiary/aromatic N) is 6. The van der Waals surface area contributed by atoms with Crippen molar-refractivity contribution >= 4 is 23.7 Å². The highest BCUT2D eigenvalue weighted by Crippen LogP contribution is 2.21. The van der Waals surface area contributed by atoms with Gasteiger partial charge in [0.2, 0.25) is 0 Å². The first-order valence-corrected chi connectivity index (χ1v) is 6.62. The summed E-state index contributed by atoms with van der Waals surface area (Å²) in [5.41, 5.74) is 0.127. The quantitative estimate of drug-likeness (QED) is 0.226. The summed E-state index contributed by atoms with van der Waals surface area (Å²) in [4.78, 5) is 18.4. The molecule has 0 radical (unpaired) electrons. The Morgan fingerprint density at radius 3 is 2.79 bits per heavy atom. The van der Waals surface area contributed by atoms with Crippen LogP contribution in [0.3, 0.4) is 0 Å². The SMILES string of the molecule is NN=NC(=NCc1cc(C=O)n(-c2ncccc2Cl)n1)C(F)(F)F. The second kappa shape index (κ2) is 7.17. The maximum Gasteiger partial charge on any atom is 0.453 e. The Kier molecular flexibility index (Phi) is 5.24.